The van der Waals surface area contributed by atoms with E-state index in [2.05, 4.69) is 22.6 Å². The molecule has 160 valence electrons. The second-order valence-corrected chi connectivity index (χ2v) is 10.0. The number of carbonyl (C=O) groups excluding carboxylic acids is 1. The first-order valence-electron chi connectivity index (χ1n) is 10.1. The zero-order chi connectivity index (χ0) is 21.5. The fraction of sp³-hybridized carbons (Fsp3) is 0.636. The minimum Gasteiger partial charge on any atom is -0.479 e. The van der Waals surface area contributed by atoms with Crippen molar-refractivity contribution in [1.29, 1.82) is 0 Å². The number of amides is 1. The van der Waals surface area contributed by atoms with Crippen molar-refractivity contribution in [3.8, 4) is 0 Å². The number of carbonyl (C=O) groups is 2. The number of carboxylic acid groups (broad SMARTS) is 1. The van der Waals surface area contributed by atoms with E-state index < -0.39 is 17.7 Å². The summed E-state index contributed by atoms with van der Waals surface area (Å²) in [5.74, 6) is -0.895. The van der Waals surface area contributed by atoms with Gasteiger partial charge in [0, 0.05) is 34.9 Å². The van der Waals surface area contributed by atoms with Crippen molar-refractivity contribution in [3.05, 3.63) is 31.4 Å². The minimum absolute atomic E-state index is 0.114. The molecule has 1 aromatic carbocycles. The fourth-order valence-electron chi connectivity index (χ4n) is 4.31. The molecule has 0 spiro atoms. The van der Waals surface area contributed by atoms with Crippen molar-refractivity contribution in [3.63, 3.8) is 0 Å². The molecule has 1 fully saturated rings. The molecule has 0 radical (unpaired) electrons. The Labute approximate surface area is 186 Å². The van der Waals surface area contributed by atoms with Gasteiger partial charge in [-0.3, -0.25) is 4.79 Å². The Balaban J connectivity index is 2.05. The Morgan fingerprint density at radius 2 is 1.83 bits per heavy atom. The van der Waals surface area contributed by atoms with Crippen molar-refractivity contribution in [2.24, 2.45) is 0 Å². The molecule has 0 aliphatic carbocycles. The van der Waals surface area contributed by atoms with Crippen LogP contribution < -0.4 is 0 Å². The molecule has 3 rings (SSSR count). The van der Waals surface area contributed by atoms with Gasteiger partial charge in [-0.15, -0.1) is 0 Å². The van der Waals surface area contributed by atoms with E-state index in [0.29, 0.717) is 31.7 Å². The van der Waals surface area contributed by atoms with Crippen LogP contribution in [0.15, 0.2) is 0 Å². The summed E-state index contributed by atoms with van der Waals surface area (Å²) in [5.41, 5.74) is 4.12. The summed E-state index contributed by atoms with van der Waals surface area (Å²) in [7, 11) is 0. The highest BCUT2D eigenvalue weighted by atomic mass is 127. The van der Waals surface area contributed by atoms with Crippen LogP contribution in [0.5, 0.6) is 0 Å². The third-order valence-electron chi connectivity index (χ3n) is 5.81. The molecule has 7 heteroatoms. The van der Waals surface area contributed by atoms with Gasteiger partial charge in [-0.05, 0) is 92.3 Å². The predicted molar refractivity (Wildman–Crippen MR) is 118 cm³/mol. The number of hydrogen-bond acceptors (Lipinski definition) is 4. The number of aliphatic carboxylic acids is 1. The minimum atomic E-state index is -1.06. The Morgan fingerprint density at radius 3 is 2.38 bits per heavy atom. The Hall–Kier alpha value is -1.19. The molecule has 29 heavy (non-hydrogen) atoms. The van der Waals surface area contributed by atoms with Gasteiger partial charge in [-0.1, -0.05) is 0 Å². The highest BCUT2D eigenvalue weighted by Gasteiger charge is 2.36. The van der Waals surface area contributed by atoms with Crippen LogP contribution in [-0.2, 0) is 32.0 Å². The molecule has 1 N–H and O–H groups in total. The summed E-state index contributed by atoms with van der Waals surface area (Å²) in [6.45, 7) is 11.5. The van der Waals surface area contributed by atoms with Crippen LogP contribution >= 0.6 is 22.6 Å². The highest BCUT2D eigenvalue weighted by Crippen LogP contribution is 2.39. The van der Waals surface area contributed by atoms with Crippen LogP contribution in [0.3, 0.4) is 0 Å². The molecule has 2 aliphatic rings. The zero-order valence-electron chi connectivity index (χ0n) is 17.8. The first-order chi connectivity index (χ1) is 13.5. The molecule has 0 aromatic heterocycles. The average Bonchev–Trinajstić information content (AvgIpc) is 2.65. The molecule has 6 nitrogen and oxygen atoms in total. The Morgan fingerprint density at radius 1 is 1.21 bits per heavy atom. The summed E-state index contributed by atoms with van der Waals surface area (Å²) in [6, 6.07) is 0.220. The summed E-state index contributed by atoms with van der Waals surface area (Å²) >= 11 is 2.24. The molecule has 0 bridgehead atoms. The standard InChI is InChI=1S/C22H30INO5/c1-12-15-10-17(25)24(14-6-8-28-9-7-14)11-16(15)13(2)19(23)18(12)20(21(26)27)29-22(3,4)5/h14,20H,6-11H2,1-5H3,(H,26,27)/t20-/m0/s1. The molecule has 0 unspecified atom stereocenters. The van der Waals surface area contributed by atoms with Gasteiger partial charge in [0.05, 0.1) is 12.0 Å². The maximum absolute atomic E-state index is 13.0. The van der Waals surface area contributed by atoms with Crippen LogP contribution in [0.2, 0.25) is 0 Å². The van der Waals surface area contributed by atoms with E-state index in [1.807, 2.05) is 39.5 Å². The average molecular weight is 515 g/mol. The summed E-state index contributed by atoms with van der Waals surface area (Å²) in [5, 5.41) is 9.88. The van der Waals surface area contributed by atoms with Gasteiger partial charge in [-0.25, -0.2) is 4.79 Å². The van der Waals surface area contributed by atoms with Crippen molar-refractivity contribution >= 4 is 34.5 Å². The number of carboxylic acids is 1. The lowest BCUT2D eigenvalue weighted by Crippen LogP contribution is -2.46. The first kappa shape index (κ1) is 22.5. The monoisotopic (exact) mass is 515 g/mol. The van der Waals surface area contributed by atoms with Crippen molar-refractivity contribution in [2.75, 3.05) is 13.2 Å². The number of halogens is 1. The number of ether oxygens (including phenoxy) is 2. The lowest BCUT2D eigenvalue weighted by Gasteiger charge is -2.39. The number of nitrogens with zero attached hydrogens (tertiary/aromatic N) is 1. The molecule has 2 aliphatic heterocycles. The molecular formula is C22H30INO5. The van der Waals surface area contributed by atoms with Crippen molar-refractivity contribution in [2.45, 2.75) is 78.2 Å². The molecule has 1 saturated heterocycles. The molecule has 1 amide bonds. The maximum Gasteiger partial charge on any atom is 0.337 e. The SMILES string of the molecule is Cc1c(I)c([C@H](OC(C)(C)C)C(=O)O)c(C)c2c1CN(C1CCOCC1)C(=O)C2. The number of hydrogen-bond donors (Lipinski definition) is 1. The van der Waals surface area contributed by atoms with E-state index in [4.69, 9.17) is 9.47 Å². The van der Waals surface area contributed by atoms with Gasteiger partial charge in [0.2, 0.25) is 5.91 Å². The molecular weight excluding hydrogens is 485 g/mol. The van der Waals surface area contributed by atoms with E-state index >= 15 is 0 Å². The van der Waals surface area contributed by atoms with Crippen LogP contribution in [0.25, 0.3) is 0 Å². The van der Waals surface area contributed by atoms with E-state index in [9.17, 15) is 14.7 Å². The van der Waals surface area contributed by atoms with Crippen LogP contribution in [0.4, 0.5) is 0 Å². The van der Waals surface area contributed by atoms with Gasteiger partial charge >= 0.3 is 5.97 Å². The molecule has 2 heterocycles. The topological polar surface area (TPSA) is 76.1 Å². The van der Waals surface area contributed by atoms with Gasteiger partial charge in [0.25, 0.3) is 0 Å². The second-order valence-electron chi connectivity index (χ2n) is 8.93. The largest absolute Gasteiger partial charge is 0.479 e. The summed E-state index contributed by atoms with van der Waals surface area (Å²) in [4.78, 5) is 27.0. The lowest BCUT2D eigenvalue weighted by molar-refractivity contribution is -0.160. The third-order valence-corrected chi connectivity index (χ3v) is 7.20. The van der Waals surface area contributed by atoms with E-state index in [0.717, 1.165) is 38.7 Å². The normalized spacial score (nSPS) is 19.2. The van der Waals surface area contributed by atoms with E-state index in [1.54, 1.807) is 0 Å². The van der Waals surface area contributed by atoms with Crippen LogP contribution in [-0.4, -0.2) is 46.7 Å². The highest BCUT2D eigenvalue weighted by molar-refractivity contribution is 14.1. The van der Waals surface area contributed by atoms with Gasteiger partial charge in [0.1, 0.15) is 0 Å². The van der Waals surface area contributed by atoms with E-state index in [-0.39, 0.29) is 11.9 Å². The van der Waals surface area contributed by atoms with Gasteiger partial charge < -0.3 is 19.5 Å². The van der Waals surface area contributed by atoms with Gasteiger partial charge in [-0.2, -0.15) is 0 Å². The quantitative estimate of drug-likeness (QED) is 0.616. The first-order valence-corrected chi connectivity index (χ1v) is 11.2. The zero-order valence-corrected chi connectivity index (χ0v) is 20.0. The maximum atomic E-state index is 13.0. The lowest BCUT2D eigenvalue weighted by atomic mass is 9.85. The Kier molecular flexibility index (Phi) is 6.60. The molecule has 1 aromatic rings. The van der Waals surface area contributed by atoms with Gasteiger partial charge in [0.15, 0.2) is 6.10 Å². The predicted octanol–water partition coefficient (Wildman–Crippen LogP) is 3.91. The number of benzene rings is 1. The van der Waals surface area contributed by atoms with Crippen molar-refractivity contribution < 1.29 is 24.2 Å². The van der Waals surface area contributed by atoms with Crippen molar-refractivity contribution in [1.82, 2.24) is 4.90 Å². The molecule has 1 atom stereocenters. The van der Waals surface area contributed by atoms with Crippen LogP contribution in [0, 0.1) is 17.4 Å². The summed E-state index contributed by atoms with van der Waals surface area (Å²) in [6.07, 6.45) is 0.990. The third kappa shape index (κ3) is 4.61. The second kappa shape index (κ2) is 8.51. The number of rotatable bonds is 4. The van der Waals surface area contributed by atoms with E-state index in [1.165, 1.54) is 0 Å². The smallest absolute Gasteiger partial charge is 0.337 e. The Bertz CT molecular complexity index is 824. The molecule has 0 saturated carbocycles. The van der Waals surface area contributed by atoms with Crippen LogP contribution in [0.1, 0.15) is 67.5 Å². The number of fused-ring (bicyclic) bond motifs is 1. The summed E-state index contributed by atoms with van der Waals surface area (Å²) < 4.78 is 12.3. The fourth-order valence-corrected chi connectivity index (χ4v) is 5.32.